The van der Waals surface area contributed by atoms with E-state index in [2.05, 4.69) is 5.32 Å². The molecule has 1 N–H and O–H groups in total. The molecule has 2 amide bonds. The Morgan fingerprint density at radius 1 is 1.00 bits per heavy atom. The molecular formula is C21H27N3O5S. The number of hydrogen-bond donors (Lipinski definition) is 1. The van der Waals surface area contributed by atoms with Crippen LogP contribution in [0.1, 0.15) is 24.2 Å². The fourth-order valence-electron chi connectivity index (χ4n) is 2.93. The molecule has 2 rings (SSSR count). The van der Waals surface area contributed by atoms with Gasteiger partial charge in [-0.25, -0.2) is 8.42 Å². The van der Waals surface area contributed by atoms with Gasteiger partial charge >= 0.3 is 0 Å². The highest BCUT2D eigenvalue weighted by atomic mass is 32.2. The zero-order chi connectivity index (χ0) is 22.3. The largest absolute Gasteiger partial charge is 0.497 e. The molecule has 0 spiro atoms. The Bertz CT molecular complexity index is 986. The number of rotatable bonds is 9. The number of sulfonamides is 1. The molecule has 0 atom stereocenters. The molecule has 0 aromatic heterocycles. The van der Waals surface area contributed by atoms with Gasteiger partial charge in [0.25, 0.3) is 5.91 Å². The van der Waals surface area contributed by atoms with E-state index in [4.69, 9.17) is 4.74 Å². The van der Waals surface area contributed by atoms with Gasteiger partial charge in [0.2, 0.25) is 15.9 Å². The maximum atomic E-state index is 12.7. The van der Waals surface area contributed by atoms with Crippen molar-refractivity contribution in [3.63, 3.8) is 0 Å². The van der Waals surface area contributed by atoms with Crippen LogP contribution < -0.4 is 14.4 Å². The second kappa shape index (κ2) is 10.1. The maximum absolute atomic E-state index is 12.7. The van der Waals surface area contributed by atoms with Crippen molar-refractivity contribution in [1.82, 2.24) is 4.90 Å². The summed E-state index contributed by atoms with van der Waals surface area (Å²) >= 11 is 0. The predicted octanol–water partition coefficient (Wildman–Crippen LogP) is 2.58. The Labute approximate surface area is 177 Å². The topological polar surface area (TPSA) is 96.0 Å². The van der Waals surface area contributed by atoms with Gasteiger partial charge in [0, 0.05) is 13.1 Å². The van der Waals surface area contributed by atoms with Crippen molar-refractivity contribution in [1.29, 1.82) is 0 Å². The Balaban J connectivity index is 2.25. The smallest absolute Gasteiger partial charge is 0.255 e. The molecule has 30 heavy (non-hydrogen) atoms. The van der Waals surface area contributed by atoms with Gasteiger partial charge in [-0.1, -0.05) is 12.1 Å². The molecule has 0 aliphatic rings. The first-order valence-corrected chi connectivity index (χ1v) is 11.4. The highest BCUT2D eigenvalue weighted by Crippen LogP contribution is 2.22. The van der Waals surface area contributed by atoms with Crippen molar-refractivity contribution in [3.8, 4) is 5.75 Å². The van der Waals surface area contributed by atoms with Gasteiger partial charge in [0.1, 0.15) is 12.3 Å². The molecule has 162 valence electrons. The first-order chi connectivity index (χ1) is 14.2. The summed E-state index contributed by atoms with van der Waals surface area (Å²) in [5, 5.41) is 2.67. The van der Waals surface area contributed by atoms with Crippen molar-refractivity contribution in [2.45, 2.75) is 13.8 Å². The van der Waals surface area contributed by atoms with Gasteiger partial charge in [-0.3, -0.25) is 13.9 Å². The summed E-state index contributed by atoms with van der Waals surface area (Å²) in [6.07, 6.45) is 1.03. The van der Waals surface area contributed by atoms with Crippen LogP contribution in [0.4, 0.5) is 11.4 Å². The van der Waals surface area contributed by atoms with Gasteiger partial charge in [0.15, 0.2) is 0 Å². The molecule has 9 heteroatoms. The number of nitrogens with one attached hydrogen (secondary N) is 1. The van der Waals surface area contributed by atoms with Crippen LogP contribution in [-0.4, -0.2) is 58.1 Å². The molecular weight excluding hydrogens is 406 g/mol. The van der Waals surface area contributed by atoms with E-state index in [1.54, 1.807) is 53.4 Å². The molecule has 2 aromatic rings. The SMILES string of the molecule is CCN(CC)C(=O)c1ccccc1NC(=O)CN(c1ccc(OC)cc1)S(C)(=O)=O. The van der Waals surface area contributed by atoms with Crippen LogP contribution >= 0.6 is 0 Å². The first-order valence-electron chi connectivity index (χ1n) is 9.51. The van der Waals surface area contributed by atoms with E-state index in [1.807, 2.05) is 13.8 Å². The number of amides is 2. The van der Waals surface area contributed by atoms with Crippen molar-refractivity contribution in [2.24, 2.45) is 0 Å². The molecule has 0 bridgehead atoms. The van der Waals surface area contributed by atoms with E-state index >= 15 is 0 Å². The van der Waals surface area contributed by atoms with Crippen molar-refractivity contribution >= 4 is 33.2 Å². The molecule has 0 aliphatic heterocycles. The van der Waals surface area contributed by atoms with Crippen molar-refractivity contribution in [3.05, 3.63) is 54.1 Å². The van der Waals surface area contributed by atoms with Crippen LogP contribution in [0.15, 0.2) is 48.5 Å². The molecule has 0 fully saturated rings. The number of carbonyl (C=O) groups excluding carboxylic acids is 2. The van der Waals surface area contributed by atoms with E-state index in [0.29, 0.717) is 35.8 Å². The third-order valence-electron chi connectivity index (χ3n) is 4.53. The summed E-state index contributed by atoms with van der Waals surface area (Å²) in [5.41, 5.74) is 1.02. The summed E-state index contributed by atoms with van der Waals surface area (Å²) < 4.78 is 30.6. The summed E-state index contributed by atoms with van der Waals surface area (Å²) in [6, 6.07) is 13.0. The Hall–Kier alpha value is -3.07. The van der Waals surface area contributed by atoms with E-state index in [9.17, 15) is 18.0 Å². The predicted molar refractivity (Wildman–Crippen MR) is 118 cm³/mol. The van der Waals surface area contributed by atoms with Crippen molar-refractivity contribution in [2.75, 3.05) is 42.6 Å². The highest BCUT2D eigenvalue weighted by Gasteiger charge is 2.23. The number of hydrogen-bond acceptors (Lipinski definition) is 5. The highest BCUT2D eigenvalue weighted by molar-refractivity contribution is 7.92. The molecule has 0 radical (unpaired) electrons. The number of para-hydroxylation sites is 1. The van der Waals surface area contributed by atoms with Gasteiger partial charge in [0.05, 0.1) is 30.3 Å². The lowest BCUT2D eigenvalue weighted by Gasteiger charge is -2.23. The minimum Gasteiger partial charge on any atom is -0.497 e. The Morgan fingerprint density at radius 3 is 2.13 bits per heavy atom. The standard InChI is InChI=1S/C21H27N3O5S/c1-5-23(6-2)21(26)18-9-7-8-10-19(18)22-20(25)15-24(30(4,27)28)16-11-13-17(29-3)14-12-16/h7-14H,5-6,15H2,1-4H3,(H,22,25). The lowest BCUT2D eigenvalue weighted by atomic mass is 10.1. The second-order valence-electron chi connectivity index (χ2n) is 6.54. The second-order valence-corrected chi connectivity index (χ2v) is 8.45. The number of ether oxygens (including phenoxy) is 1. The van der Waals surface area contributed by atoms with Gasteiger partial charge in [-0.2, -0.15) is 0 Å². The zero-order valence-electron chi connectivity index (χ0n) is 17.6. The third kappa shape index (κ3) is 5.73. The lowest BCUT2D eigenvalue weighted by Crippen LogP contribution is -2.38. The normalized spacial score (nSPS) is 10.9. The number of nitrogens with zero attached hydrogens (tertiary/aromatic N) is 2. The molecule has 0 heterocycles. The van der Waals surface area contributed by atoms with E-state index in [-0.39, 0.29) is 5.91 Å². The van der Waals surface area contributed by atoms with Crippen LogP contribution in [-0.2, 0) is 14.8 Å². The molecule has 0 saturated carbocycles. The molecule has 0 aliphatic carbocycles. The average Bonchev–Trinajstić information content (AvgIpc) is 2.72. The summed E-state index contributed by atoms with van der Waals surface area (Å²) in [7, 11) is -2.21. The van der Waals surface area contributed by atoms with Crippen LogP contribution in [0.3, 0.4) is 0 Å². The molecule has 8 nitrogen and oxygen atoms in total. The van der Waals surface area contributed by atoms with Crippen LogP contribution in [0.2, 0.25) is 0 Å². The number of carbonyl (C=O) groups is 2. The van der Waals surface area contributed by atoms with Gasteiger partial charge < -0.3 is 15.0 Å². The maximum Gasteiger partial charge on any atom is 0.255 e. The summed E-state index contributed by atoms with van der Waals surface area (Å²) in [6.45, 7) is 4.40. The van der Waals surface area contributed by atoms with E-state index in [1.165, 1.54) is 7.11 Å². The summed E-state index contributed by atoms with van der Waals surface area (Å²) in [4.78, 5) is 27.1. The average molecular weight is 434 g/mol. The van der Waals surface area contributed by atoms with Crippen molar-refractivity contribution < 1.29 is 22.7 Å². The van der Waals surface area contributed by atoms with Crippen LogP contribution in [0.25, 0.3) is 0 Å². The molecule has 0 unspecified atom stereocenters. The molecule has 0 saturated heterocycles. The van der Waals surface area contributed by atoms with Crippen LogP contribution in [0, 0.1) is 0 Å². The third-order valence-corrected chi connectivity index (χ3v) is 5.67. The van der Waals surface area contributed by atoms with E-state index < -0.39 is 22.5 Å². The number of benzene rings is 2. The minimum absolute atomic E-state index is 0.203. The monoisotopic (exact) mass is 433 g/mol. The fraction of sp³-hybridized carbons (Fsp3) is 0.333. The van der Waals surface area contributed by atoms with E-state index in [0.717, 1.165) is 10.6 Å². The number of anilines is 2. The first kappa shape index (κ1) is 23.2. The fourth-order valence-corrected chi connectivity index (χ4v) is 3.78. The lowest BCUT2D eigenvalue weighted by molar-refractivity contribution is -0.114. The number of methoxy groups -OCH3 is 1. The Morgan fingerprint density at radius 2 is 1.60 bits per heavy atom. The quantitative estimate of drug-likeness (QED) is 0.656. The van der Waals surface area contributed by atoms with Crippen LogP contribution in [0.5, 0.6) is 5.75 Å². The minimum atomic E-state index is -3.72. The zero-order valence-corrected chi connectivity index (χ0v) is 18.4. The Kier molecular flexibility index (Phi) is 7.82. The summed E-state index contributed by atoms with van der Waals surface area (Å²) in [5.74, 6) is -0.192. The van der Waals surface area contributed by atoms with Gasteiger partial charge in [-0.05, 0) is 50.2 Å². The molecule has 2 aromatic carbocycles. The van der Waals surface area contributed by atoms with Gasteiger partial charge in [-0.15, -0.1) is 0 Å².